The second kappa shape index (κ2) is 28.2. The monoisotopic (exact) mass is 851 g/mol. The van der Waals surface area contributed by atoms with Gasteiger partial charge >= 0.3 is 0 Å². The molecule has 12 heteroatoms. The van der Waals surface area contributed by atoms with Gasteiger partial charge < -0.3 is 26.6 Å². The molecule has 5 aromatic rings. The van der Waals surface area contributed by atoms with Crippen molar-refractivity contribution in [2.75, 3.05) is 0 Å². The van der Waals surface area contributed by atoms with Gasteiger partial charge in [0, 0.05) is 122 Å². The van der Waals surface area contributed by atoms with Crippen LogP contribution in [0.4, 0.5) is 0 Å². The van der Waals surface area contributed by atoms with Crippen LogP contribution in [0.3, 0.4) is 0 Å². The highest BCUT2D eigenvalue weighted by atomic mass is 15.0. The first-order chi connectivity index (χ1) is 28.8. The fourth-order valence-corrected chi connectivity index (χ4v) is 4.86. The van der Waals surface area contributed by atoms with Crippen molar-refractivity contribution in [1.29, 1.82) is 0 Å². The highest BCUT2D eigenvalue weighted by Crippen LogP contribution is 2.14. The highest BCUT2D eigenvalue weighted by Gasteiger charge is 2.15. The number of nitrogens with zero attached hydrogens (tertiary/aromatic N) is 7. The van der Waals surface area contributed by atoms with Gasteiger partial charge in [-0.15, -0.1) is 0 Å². The van der Waals surface area contributed by atoms with Gasteiger partial charge in [-0.3, -0.25) is 34.9 Å². The van der Waals surface area contributed by atoms with Gasteiger partial charge in [-0.25, -0.2) is 0 Å². The summed E-state index contributed by atoms with van der Waals surface area (Å²) in [5, 5.41) is 16.9. The average molecular weight is 851 g/mol. The fraction of sp³-hybridized carbons (Fsp3) is 0.540. The first-order valence-electron chi connectivity index (χ1n) is 21.8. The van der Waals surface area contributed by atoms with Gasteiger partial charge in [-0.2, -0.15) is 0 Å². The zero-order valence-electron chi connectivity index (χ0n) is 41.4. The summed E-state index contributed by atoms with van der Waals surface area (Å²) in [6.07, 6.45) is 16.1. The zero-order chi connectivity index (χ0) is 46.8. The maximum Gasteiger partial charge on any atom is 0.0724 e. The van der Waals surface area contributed by atoms with Crippen LogP contribution in [-0.4, -0.2) is 63.1 Å². The Kier molecular flexibility index (Phi) is 25.2. The quantitative estimate of drug-likeness (QED) is 0.0862. The van der Waals surface area contributed by atoms with Crippen molar-refractivity contribution in [1.82, 2.24) is 61.5 Å². The molecule has 0 aliphatic heterocycles. The Labute approximate surface area is 376 Å². The summed E-state index contributed by atoms with van der Waals surface area (Å²) in [6.45, 7) is 39.5. The maximum atomic E-state index is 4.49. The van der Waals surface area contributed by atoms with Gasteiger partial charge in [0.2, 0.25) is 0 Å². The summed E-state index contributed by atoms with van der Waals surface area (Å²) in [5.74, 6) is 0. The Morgan fingerprint density at radius 2 is 1.05 bits per heavy atom. The van der Waals surface area contributed by atoms with E-state index in [2.05, 4.69) is 184 Å². The molecule has 5 aromatic heterocycles. The Morgan fingerprint density at radius 1 is 0.468 bits per heavy atom. The lowest BCUT2D eigenvalue weighted by atomic mass is 10.1. The molecule has 12 nitrogen and oxygen atoms in total. The Bertz CT molecular complexity index is 1790. The Hall–Kier alpha value is -4.59. The molecule has 342 valence electrons. The molecule has 1 unspecified atom stereocenters. The molecule has 0 saturated heterocycles. The van der Waals surface area contributed by atoms with Crippen LogP contribution in [0.5, 0.6) is 0 Å². The predicted octanol–water partition coefficient (Wildman–Crippen LogP) is 9.43. The van der Waals surface area contributed by atoms with E-state index in [1.807, 2.05) is 62.9 Å². The molecular weight excluding hydrogens is 769 g/mol. The largest absolute Gasteiger partial charge is 0.310 e. The van der Waals surface area contributed by atoms with Crippen molar-refractivity contribution < 1.29 is 0 Å². The van der Waals surface area contributed by atoms with Crippen LogP contribution in [0.25, 0.3) is 0 Å². The van der Waals surface area contributed by atoms with Crippen molar-refractivity contribution in [3.63, 3.8) is 0 Å². The molecule has 5 N–H and O–H groups in total. The van der Waals surface area contributed by atoms with E-state index in [0.29, 0.717) is 12.1 Å². The molecule has 62 heavy (non-hydrogen) atoms. The van der Waals surface area contributed by atoms with Crippen LogP contribution in [-0.2, 0) is 26.2 Å². The minimum atomic E-state index is 0.130. The SMILES string of the molecule is CC(C)(C)NCc1cccnc1.CC(C)(C)NCc1cnccn1.CC(C)NCc1ccncc1.Cc1cccc(C(C)NC(C)(C)C)n1.Cc1cnc(CNC(C)(C)C)cn1. The van der Waals surface area contributed by atoms with Gasteiger partial charge in [0.1, 0.15) is 0 Å². The maximum absolute atomic E-state index is 4.49. The third-order valence-electron chi connectivity index (χ3n) is 8.06. The van der Waals surface area contributed by atoms with Crippen molar-refractivity contribution >= 4 is 0 Å². The van der Waals surface area contributed by atoms with Crippen LogP contribution in [0.2, 0.25) is 0 Å². The van der Waals surface area contributed by atoms with E-state index in [4.69, 9.17) is 0 Å². The van der Waals surface area contributed by atoms with Crippen LogP contribution < -0.4 is 26.6 Å². The van der Waals surface area contributed by atoms with E-state index in [1.165, 1.54) is 11.1 Å². The van der Waals surface area contributed by atoms with E-state index in [0.717, 1.165) is 54.6 Å². The molecule has 5 rings (SSSR count). The lowest BCUT2D eigenvalue weighted by Gasteiger charge is -2.25. The standard InChI is InChI=1S/C12H20N2.C10H17N3.C10H16N2.C9H15N3.C9H14N2/c1-9-7-6-8-11(13-9)10(2)14-12(3,4)5;1-8-5-12-9(6-11-8)7-13-10(2,3)4;1-10(2,3)12-8-9-5-4-6-11-7-9;1-9(2,3)12-7-8-6-10-4-5-11-8;1-8(2)11-7-9-3-5-10-6-4-9/h6-8,10,14H,1-5H3;5-6,13H,7H2,1-4H3;4-7,12H,8H2,1-3H3;4-6,12H,7H2,1-3H3;3-6,8,11H,7H2,1-2H3. The lowest BCUT2D eigenvalue weighted by molar-refractivity contribution is 0.373. The van der Waals surface area contributed by atoms with E-state index < -0.39 is 0 Å². The molecular formula is C50H82N12. The summed E-state index contributed by atoms with van der Waals surface area (Å²) in [5.41, 5.74) is 8.20. The topological polar surface area (TPSA) is 150 Å². The number of aromatic nitrogens is 7. The number of pyridine rings is 3. The molecule has 0 radical (unpaired) electrons. The van der Waals surface area contributed by atoms with Crippen molar-refractivity contribution in [2.45, 2.75) is 178 Å². The number of nitrogens with one attached hydrogen (secondary N) is 5. The molecule has 0 aliphatic rings. The number of hydrogen-bond acceptors (Lipinski definition) is 12. The minimum Gasteiger partial charge on any atom is -0.310 e. The summed E-state index contributed by atoms with van der Waals surface area (Å²) in [4.78, 5) is 29.1. The number of aryl methyl sites for hydroxylation is 2. The van der Waals surface area contributed by atoms with Crippen LogP contribution >= 0.6 is 0 Å². The van der Waals surface area contributed by atoms with Gasteiger partial charge in [0.15, 0.2) is 0 Å². The van der Waals surface area contributed by atoms with Gasteiger partial charge in [-0.05, 0) is 145 Å². The van der Waals surface area contributed by atoms with E-state index >= 15 is 0 Å². The average Bonchev–Trinajstić information content (AvgIpc) is 3.19. The van der Waals surface area contributed by atoms with E-state index in [-0.39, 0.29) is 22.2 Å². The van der Waals surface area contributed by atoms with E-state index in [1.54, 1.807) is 31.0 Å². The Balaban J connectivity index is 0.000000388. The fourth-order valence-electron chi connectivity index (χ4n) is 4.86. The van der Waals surface area contributed by atoms with Gasteiger partial charge in [0.25, 0.3) is 0 Å². The molecule has 1 atom stereocenters. The van der Waals surface area contributed by atoms with Gasteiger partial charge in [0.05, 0.1) is 22.8 Å². The normalized spacial score (nSPS) is 12.0. The lowest BCUT2D eigenvalue weighted by Crippen LogP contribution is -2.38. The third-order valence-corrected chi connectivity index (χ3v) is 8.06. The molecule has 0 fully saturated rings. The molecule has 0 aliphatic carbocycles. The zero-order valence-corrected chi connectivity index (χ0v) is 41.4. The van der Waals surface area contributed by atoms with Crippen LogP contribution in [0.15, 0.2) is 98.2 Å². The smallest absolute Gasteiger partial charge is 0.0724 e. The molecule has 5 heterocycles. The second-order valence-electron chi connectivity index (χ2n) is 19.7. The summed E-state index contributed by atoms with van der Waals surface area (Å²) >= 11 is 0. The summed E-state index contributed by atoms with van der Waals surface area (Å²) < 4.78 is 0. The molecule has 0 saturated carbocycles. The van der Waals surface area contributed by atoms with Crippen LogP contribution in [0.1, 0.15) is 149 Å². The van der Waals surface area contributed by atoms with Crippen molar-refractivity contribution in [3.8, 4) is 0 Å². The molecule has 0 amide bonds. The molecule has 0 spiro atoms. The minimum absolute atomic E-state index is 0.130. The van der Waals surface area contributed by atoms with Gasteiger partial charge in [-0.1, -0.05) is 26.0 Å². The highest BCUT2D eigenvalue weighted by molar-refractivity contribution is 5.13. The third kappa shape index (κ3) is 32.2. The summed E-state index contributed by atoms with van der Waals surface area (Å²) in [6, 6.07) is 15.1. The molecule has 0 aromatic carbocycles. The molecule has 0 bridgehead atoms. The Morgan fingerprint density at radius 3 is 1.52 bits per heavy atom. The van der Waals surface area contributed by atoms with E-state index in [9.17, 15) is 0 Å². The second-order valence-corrected chi connectivity index (χ2v) is 19.7. The number of hydrogen-bond donors (Lipinski definition) is 5. The first kappa shape index (κ1) is 55.4. The van der Waals surface area contributed by atoms with Crippen LogP contribution in [0, 0.1) is 13.8 Å². The summed E-state index contributed by atoms with van der Waals surface area (Å²) in [7, 11) is 0. The van der Waals surface area contributed by atoms with Crippen molar-refractivity contribution in [2.24, 2.45) is 0 Å². The number of rotatable bonds is 11. The van der Waals surface area contributed by atoms with Crippen molar-refractivity contribution in [3.05, 3.63) is 138 Å². The predicted molar refractivity (Wildman–Crippen MR) is 259 cm³/mol. The first-order valence-corrected chi connectivity index (χ1v) is 21.8.